The van der Waals surface area contributed by atoms with Crippen LogP contribution in [0.1, 0.15) is 5.56 Å². The number of carbonyl (C=O) groups is 2. The van der Waals surface area contributed by atoms with Crippen LogP contribution in [-0.4, -0.2) is 17.1 Å². The molecule has 0 atom stereocenters. The molecular weight excluding hydrogens is 178 g/mol. The molecule has 0 aliphatic heterocycles. The first-order valence-corrected chi connectivity index (χ1v) is 4.34. The van der Waals surface area contributed by atoms with E-state index >= 15 is 0 Å². The summed E-state index contributed by atoms with van der Waals surface area (Å²) in [6.45, 7) is 0. The molecule has 0 amide bonds. The van der Waals surface area contributed by atoms with E-state index < -0.39 is 5.78 Å². The van der Waals surface area contributed by atoms with Gasteiger partial charge in [-0.05, 0) is 11.6 Å². The lowest BCUT2D eigenvalue weighted by Gasteiger charge is -1.93. The molecule has 3 nitrogen and oxygen atoms in total. The SMILES string of the molecule is O=CC(=O)Cc1c[nH]c2ccccc12. The number of benzene rings is 1. The van der Waals surface area contributed by atoms with Crippen LogP contribution in [-0.2, 0) is 16.0 Å². The number of fused-ring (bicyclic) bond motifs is 1. The zero-order valence-electron chi connectivity index (χ0n) is 7.49. The molecule has 0 saturated heterocycles. The van der Waals surface area contributed by atoms with E-state index in [0.717, 1.165) is 16.5 Å². The highest BCUT2D eigenvalue weighted by atomic mass is 16.2. The number of carbonyl (C=O) groups excluding carboxylic acids is 2. The van der Waals surface area contributed by atoms with Gasteiger partial charge < -0.3 is 4.98 Å². The second-order valence-corrected chi connectivity index (χ2v) is 3.12. The molecule has 0 aliphatic carbocycles. The maximum atomic E-state index is 10.9. The summed E-state index contributed by atoms with van der Waals surface area (Å²) in [5.74, 6) is -0.394. The lowest BCUT2D eigenvalue weighted by atomic mass is 10.1. The summed E-state index contributed by atoms with van der Waals surface area (Å²) in [6.07, 6.45) is 2.31. The highest BCUT2D eigenvalue weighted by Gasteiger charge is 2.06. The second kappa shape index (κ2) is 3.46. The molecule has 0 spiro atoms. The van der Waals surface area contributed by atoms with E-state index in [1.54, 1.807) is 6.20 Å². The Bertz CT molecular complexity index is 485. The van der Waals surface area contributed by atoms with Crippen molar-refractivity contribution in [2.75, 3.05) is 0 Å². The number of hydrogen-bond acceptors (Lipinski definition) is 2. The van der Waals surface area contributed by atoms with Crippen molar-refractivity contribution in [2.24, 2.45) is 0 Å². The van der Waals surface area contributed by atoms with Gasteiger partial charge in [-0.25, -0.2) is 0 Å². The number of Topliss-reactive ketones (excluding diaryl/α,β-unsaturated/α-hetero) is 1. The predicted molar refractivity (Wildman–Crippen MR) is 53.1 cm³/mol. The number of hydrogen-bond donors (Lipinski definition) is 1. The molecule has 0 fully saturated rings. The number of ketones is 1. The molecule has 70 valence electrons. The number of nitrogens with one attached hydrogen (secondary N) is 1. The summed E-state index contributed by atoms with van der Waals surface area (Å²) < 4.78 is 0. The fourth-order valence-electron chi connectivity index (χ4n) is 1.51. The third-order valence-corrected chi connectivity index (χ3v) is 2.17. The lowest BCUT2D eigenvalue weighted by Crippen LogP contribution is -2.02. The third-order valence-electron chi connectivity index (χ3n) is 2.17. The molecule has 14 heavy (non-hydrogen) atoms. The van der Waals surface area contributed by atoms with E-state index in [4.69, 9.17) is 0 Å². The summed E-state index contributed by atoms with van der Waals surface area (Å²) >= 11 is 0. The maximum Gasteiger partial charge on any atom is 0.199 e. The first-order valence-electron chi connectivity index (χ1n) is 4.34. The number of H-pyrrole nitrogens is 1. The Hall–Kier alpha value is -1.90. The number of rotatable bonds is 3. The van der Waals surface area contributed by atoms with E-state index in [1.807, 2.05) is 24.3 Å². The van der Waals surface area contributed by atoms with Gasteiger partial charge in [-0.15, -0.1) is 0 Å². The average Bonchev–Trinajstić information content (AvgIpc) is 2.62. The van der Waals surface area contributed by atoms with Crippen molar-refractivity contribution in [3.05, 3.63) is 36.0 Å². The van der Waals surface area contributed by atoms with E-state index in [0.29, 0.717) is 6.29 Å². The number of aromatic amines is 1. The quantitative estimate of drug-likeness (QED) is 0.584. The minimum Gasteiger partial charge on any atom is -0.361 e. The van der Waals surface area contributed by atoms with E-state index in [-0.39, 0.29) is 6.42 Å². The molecular formula is C11H9NO2. The maximum absolute atomic E-state index is 10.9. The Balaban J connectivity index is 2.43. The first kappa shape index (κ1) is 8.69. The van der Waals surface area contributed by atoms with Crippen molar-refractivity contribution in [2.45, 2.75) is 6.42 Å². The molecule has 0 saturated carbocycles. The Labute approximate surface area is 80.7 Å². The molecule has 1 N–H and O–H groups in total. The van der Waals surface area contributed by atoms with Gasteiger partial charge in [0.2, 0.25) is 0 Å². The highest BCUT2D eigenvalue weighted by Crippen LogP contribution is 2.17. The summed E-state index contributed by atoms with van der Waals surface area (Å²) in [5.41, 5.74) is 1.86. The van der Waals surface area contributed by atoms with Gasteiger partial charge in [0, 0.05) is 23.5 Å². The van der Waals surface area contributed by atoms with Crippen LogP contribution < -0.4 is 0 Å². The van der Waals surface area contributed by atoms with Crippen LogP contribution in [0.4, 0.5) is 0 Å². The van der Waals surface area contributed by atoms with Crippen molar-refractivity contribution in [1.82, 2.24) is 4.98 Å². The van der Waals surface area contributed by atoms with Crippen molar-refractivity contribution in [1.29, 1.82) is 0 Å². The number of para-hydroxylation sites is 1. The van der Waals surface area contributed by atoms with E-state index in [2.05, 4.69) is 4.98 Å². The van der Waals surface area contributed by atoms with Crippen molar-refractivity contribution in [3.8, 4) is 0 Å². The Kier molecular flexibility index (Phi) is 2.14. The van der Waals surface area contributed by atoms with Crippen LogP contribution >= 0.6 is 0 Å². The molecule has 0 radical (unpaired) electrons. The number of aromatic nitrogens is 1. The summed E-state index contributed by atoms with van der Waals surface area (Å²) in [4.78, 5) is 24.2. The van der Waals surface area contributed by atoms with Crippen LogP contribution in [0.2, 0.25) is 0 Å². The molecule has 1 aromatic carbocycles. The van der Waals surface area contributed by atoms with Gasteiger partial charge in [-0.1, -0.05) is 18.2 Å². The molecule has 0 unspecified atom stereocenters. The van der Waals surface area contributed by atoms with Gasteiger partial charge in [-0.2, -0.15) is 0 Å². The standard InChI is InChI=1S/C11H9NO2/c13-7-9(14)5-8-6-12-11-4-2-1-3-10(8)11/h1-4,6-7,12H,5H2. The summed E-state index contributed by atoms with van der Waals surface area (Å²) in [7, 11) is 0. The lowest BCUT2D eigenvalue weighted by molar-refractivity contribution is -0.129. The van der Waals surface area contributed by atoms with Crippen molar-refractivity contribution < 1.29 is 9.59 Å². The molecule has 1 aromatic heterocycles. The third kappa shape index (κ3) is 1.44. The smallest absolute Gasteiger partial charge is 0.199 e. The van der Waals surface area contributed by atoms with Crippen LogP contribution in [0, 0.1) is 0 Å². The zero-order valence-corrected chi connectivity index (χ0v) is 7.49. The Morgan fingerprint density at radius 3 is 2.93 bits per heavy atom. The topological polar surface area (TPSA) is 49.9 Å². The normalized spacial score (nSPS) is 10.3. The van der Waals surface area contributed by atoms with Crippen LogP contribution in [0.15, 0.2) is 30.5 Å². The van der Waals surface area contributed by atoms with Crippen LogP contribution in [0.25, 0.3) is 10.9 Å². The summed E-state index contributed by atoms with van der Waals surface area (Å²) in [6, 6.07) is 7.69. The van der Waals surface area contributed by atoms with E-state index in [1.165, 1.54) is 0 Å². The monoisotopic (exact) mass is 187 g/mol. The van der Waals surface area contributed by atoms with Crippen molar-refractivity contribution >= 4 is 23.0 Å². The Morgan fingerprint density at radius 2 is 2.14 bits per heavy atom. The Morgan fingerprint density at radius 1 is 1.36 bits per heavy atom. The van der Waals surface area contributed by atoms with E-state index in [9.17, 15) is 9.59 Å². The minimum absolute atomic E-state index is 0.174. The predicted octanol–water partition coefficient (Wildman–Crippen LogP) is 1.48. The largest absolute Gasteiger partial charge is 0.361 e. The van der Waals surface area contributed by atoms with Crippen LogP contribution in [0.5, 0.6) is 0 Å². The average molecular weight is 187 g/mol. The first-order chi connectivity index (χ1) is 6.81. The van der Waals surface area contributed by atoms with Gasteiger partial charge in [0.1, 0.15) is 0 Å². The number of aldehydes is 1. The molecule has 2 aromatic rings. The van der Waals surface area contributed by atoms with Crippen molar-refractivity contribution in [3.63, 3.8) is 0 Å². The minimum atomic E-state index is -0.394. The van der Waals surface area contributed by atoms with Gasteiger partial charge in [0.15, 0.2) is 12.1 Å². The molecule has 3 heteroatoms. The van der Waals surface area contributed by atoms with Gasteiger partial charge in [0.05, 0.1) is 0 Å². The van der Waals surface area contributed by atoms with Gasteiger partial charge >= 0.3 is 0 Å². The molecule has 0 bridgehead atoms. The van der Waals surface area contributed by atoms with Gasteiger partial charge in [-0.3, -0.25) is 9.59 Å². The molecule has 2 rings (SSSR count). The van der Waals surface area contributed by atoms with Gasteiger partial charge in [0.25, 0.3) is 0 Å². The van der Waals surface area contributed by atoms with Crippen LogP contribution in [0.3, 0.4) is 0 Å². The fraction of sp³-hybridized carbons (Fsp3) is 0.0909. The second-order valence-electron chi connectivity index (χ2n) is 3.12. The highest BCUT2D eigenvalue weighted by molar-refractivity contribution is 6.25. The molecule has 0 aliphatic rings. The summed E-state index contributed by atoms with van der Waals surface area (Å²) in [5, 5.41) is 1.00. The molecule has 1 heterocycles. The fourth-order valence-corrected chi connectivity index (χ4v) is 1.51. The zero-order chi connectivity index (χ0) is 9.97.